The monoisotopic (exact) mass is 156 g/mol. The number of aromatic amines is 1. The molecule has 0 fully saturated rings. The standard InChI is InChI=1S/C6H12N4O/c1-3-4-5(11-2)6-7-9-10-8-6/h5H,3-4H2,1-2H3,(H,7,8,9,10). The van der Waals surface area contributed by atoms with Crippen molar-refractivity contribution in [2.45, 2.75) is 25.9 Å². The smallest absolute Gasteiger partial charge is 0.203 e. The summed E-state index contributed by atoms with van der Waals surface area (Å²) < 4.78 is 5.15. The number of hydrogen-bond donors (Lipinski definition) is 1. The van der Waals surface area contributed by atoms with Crippen molar-refractivity contribution < 1.29 is 4.74 Å². The Morgan fingerprint density at radius 2 is 2.45 bits per heavy atom. The van der Waals surface area contributed by atoms with Crippen molar-refractivity contribution in [2.24, 2.45) is 0 Å². The Kier molecular flexibility index (Phi) is 2.97. The predicted molar refractivity (Wildman–Crippen MR) is 38.8 cm³/mol. The lowest BCUT2D eigenvalue weighted by Gasteiger charge is -2.07. The number of ether oxygens (including phenoxy) is 1. The number of aromatic nitrogens is 4. The van der Waals surface area contributed by atoms with E-state index in [1.165, 1.54) is 0 Å². The third kappa shape index (κ3) is 1.98. The molecule has 0 bridgehead atoms. The Hall–Kier alpha value is -0.970. The van der Waals surface area contributed by atoms with Gasteiger partial charge < -0.3 is 4.74 Å². The average Bonchev–Trinajstić information content (AvgIpc) is 2.52. The van der Waals surface area contributed by atoms with Gasteiger partial charge in [-0.3, -0.25) is 0 Å². The third-order valence-corrected chi connectivity index (χ3v) is 1.49. The molecule has 1 heterocycles. The van der Waals surface area contributed by atoms with Crippen LogP contribution in [0, 0.1) is 0 Å². The number of rotatable bonds is 4. The summed E-state index contributed by atoms with van der Waals surface area (Å²) >= 11 is 0. The third-order valence-electron chi connectivity index (χ3n) is 1.49. The zero-order valence-electron chi connectivity index (χ0n) is 6.74. The minimum atomic E-state index is -0.0150. The normalized spacial score (nSPS) is 13.3. The first-order valence-electron chi connectivity index (χ1n) is 3.64. The molecule has 1 rings (SSSR count). The van der Waals surface area contributed by atoms with Crippen LogP contribution >= 0.6 is 0 Å². The van der Waals surface area contributed by atoms with Crippen molar-refractivity contribution in [1.29, 1.82) is 0 Å². The number of tetrazole rings is 1. The van der Waals surface area contributed by atoms with Crippen LogP contribution in [0.3, 0.4) is 0 Å². The van der Waals surface area contributed by atoms with Gasteiger partial charge in [-0.2, -0.15) is 5.21 Å². The van der Waals surface area contributed by atoms with Crippen molar-refractivity contribution in [3.8, 4) is 0 Å². The van der Waals surface area contributed by atoms with Crippen LogP contribution in [0.25, 0.3) is 0 Å². The van der Waals surface area contributed by atoms with Gasteiger partial charge in [-0.05, 0) is 6.42 Å². The van der Waals surface area contributed by atoms with E-state index in [0.717, 1.165) is 12.8 Å². The number of nitrogens with zero attached hydrogens (tertiary/aromatic N) is 3. The van der Waals surface area contributed by atoms with Crippen LogP contribution in [0.1, 0.15) is 31.7 Å². The van der Waals surface area contributed by atoms with Crippen LogP contribution < -0.4 is 0 Å². The molecule has 0 saturated carbocycles. The second-order valence-corrected chi connectivity index (χ2v) is 2.28. The van der Waals surface area contributed by atoms with E-state index in [4.69, 9.17) is 4.74 Å². The molecule has 0 radical (unpaired) electrons. The summed E-state index contributed by atoms with van der Waals surface area (Å²) in [5.74, 6) is 0.634. The maximum Gasteiger partial charge on any atom is 0.203 e. The highest BCUT2D eigenvalue weighted by atomic mass is 16.5. The summed E-state index contributed by atoms with van der Waals surface area (Å²) in [6.07, 6.45) is 1.96. The van der Waals surface area contributed by atoms with Crippen LogP contribution in [0.2, 0.25) is 0 Å². The van der Waals surface area contributed by atoms with Crippen LogP contribution in [-0.4, -0.2) is 27.7 Å². The maximum absolute atomic E-state index is 5.15. The number of H-pyrrole nitrogens is 1. The molecule has 0 saturated heterocycles. The number of hydrogen-bond acceptors (Lipinski definition) is 4. The van der Waals surface area contributed by atoms with E-state index in [9.17, 15) is 0 Å². The molecule has 1 unspecified atom stereocenters. The van der Waals surface area contributed by atoms with Crippen LogP contribution in [0.5, 0.6) is 0 Å². The number of methoxy groups -OCH3 is 1. The SMILES string of the molecule is CCCC(OC)c1nn[nH]n1. The van der Waals surface area contributed by atoms with Crippen molar-refractivity contribution in [3.63, 3.8) is 0 Å². The molecule has 0 aliphatic rings. The molecule has 5 nitrogen and oxygen atoms in total. The van der Waals surface area contributed by atoms with Gasteiger partial charge in [0.25, 0.3) is 0 Å². The van der Waals surface area contributed by atoms with Crippen molar-refractivity contribution in [2.75, 3.05) is 7.11 Å². The van der Waals surface area contributed by atoms with Crippen LogP contribution in [-0.2, 0) is 4.74 Å². The summed E-state index contributed by atoms with van der Waals surface area (Å²) in [5, 5.41) is 13.5. The minimum Gasteiger partial charge on any atom is -0.373 e. The van der Waals surface area contributed by atoms with Gasteiger partial charge >= 0.3 is 0 Å². The first-order valence-corrected chi connectivity index (χ1v) is 3.64. The Bertz CT molecular complexity index is 186. The molecular formula is C6H12N4O. The van der Waals surface area contributed by atoms with Crippen LogP contribution in [0.4, 0.5) is 0 Å². The Labute approximate surface area is 65.1 Å². The average molecular weight is 156 g/mol. The largest absolute Gasteiger partial charge is 0.373 e. The molecule has 1 aromatic heterocycles. The molecule has 62 valence electrons. The minimum absolute atomic E-state index is 0.0150. The summed E-state index contributed by atoms with van der Waals surface area (Å²) in [5.41, 5.74) is 0. The first kappa shape index (κ1) is 8.13. The van der Waals surface area contributed by atoms with E-state index in [-0.39, 0.29) is 6.10 Å². The molecule has 5 heteroatoms. The molecule has 0 aromatic carbocycles. The lowest BCUT2D eigenvalue weighted by Crippen LogP contribution is -2.03. The summed E-state index contributed by atoms with van der Waals surface area (Å²) in [6, 6.07) is 0. The zero-order valence-corrected chi connectivity index (χ0v) is 6.74. The van der Waals surface area contributed by atoms with Crippen molar-refractivity contribution >= 4 is 0 Å². The second-order valence-electron chi connectivity index (χ2n) is 2.28. The number of nitrogens with one attached hydrogen (secondary N) is 1. The molecule has 0 spiro atoms. The van der Waals surface area contributed by atoms with Crippen molar-refractivity contribution in [1.82, 2.24) is 20.6 Å². The van der Waals surface area contributed by atoms with Crippen LogP contribution in [0.15, 0.2) is 0 Å². The zero-order chi connectivity index (χ0) is 8.10. The molecule has 0 aliphatic heterocycles. The quantitative estimate of drug-likeness (QED) is 0.696. The lowest BCUT2D eigenvalue weighted by atomic mass is 10.2. The molecule has 0 aliphatic carbocycles. The van der Waals surface area contributed by atoms with Gasteiger partial charge in [0, 0.05) is 7.11 Å². The predicted octanol–water partition coefficient (Wildman–Crippen LogP) is 0.687. The van der Waals surface area contributed by atoms with E-state index in [2.05, 4.69) is 27.5 Å². The highest BCUT2D eigenvalue weighted by Crippen LogP contribution is 2.16. The molecule has 1 N–H and O–H groups in total. The molecular weight excluding hydrogens is 144 g/mol. The van der Waals surface area contributed by atoms with Gasteiger partial charge in [0.15, 0.2) is 0 Å². The van der Waals surface area contributed by atoms with Gasteiger partial charge in [0.1, 0.15) is 6.10 Å². The fraction of sp³-hybridized carbons (Fsp3) is 0.833. The molecule has 1 atom stereocenters. The summed E-state index contributed by atoms with van der Waals surface area (Å²) in [6.45, 7) is 2.09. The first-order chi connectivity index (χ1) is 5.38. The molecule has 11 heavy (non-hydrogen) atoms. The van der Waals surface area contributed by atoms with E-state index < -0.39 is 0 Å². The maximum atomic E-state index is 5.15. The highest BCUT2D eigenvalue weighted by Gasteiger charge is 2.12. The Balaban J connectivity index is 2.56. The fourth-order valence-corrected chi connectivity index (χ4v) is 0.920. The fourth-order valence-electron chi connectivity index (χ4n) is 0.920. The summed E-state index contributed by atoms with van der Waals surface area (Å²) in [4.78, 5) is 0. The van der Waals surface area contributed by atoms with Gasteiger partial charge in [0.05, 0.1) is 0 Å². The van der Waals surface area contributed by atoms with E-state index in [1.807, 2.05) is 0 Å². The highest BCUT2D eigenvalue weighted by molar-refractivity contribution is 4.83. The van der Waals surface area contributed by atoms with Gasteiger partial charge in [0.2, 0.25) is 5.82 Å². The van der Waals surface area contributed by atoms with Gasteiger partial charge in [-0.1, -0.05) is 18.6 Å². The second kappa shape index (κ2) is 4.02. The molecule has 0 amide bonds. The van der Waals surface area contributed by atoms with Gasteiger partial charge in [-0.25, -0.2) is 0 Å². The van der Waals surface area contributed by atoms with E-state index >= 15 is 0 Å². The summed E-state index contributed by atoms with van der Waals surface area (Å²) in [7, 11) is 1.65. The topological polar surface area (TPSA) is 63.7 Å². The Morgan fingerprint density at radius 3 is 2.91 bits per heavy atom. The lowest BCUT2D eigenvalue weighted by molar-refractivity contribution is 0.0876. The molecule has 1 aromatic rings. The van der Waals surface area contributed by atoms with E-state index in [1.54, 1.807) is 7.11 Å². The Morgan fingerprint density at radius 1 is 1.64 bits per heavy atom. The van der Waals surface area contributed by atoms with Gasteiger partial charge in [-0.15, -0.1) is 10.2 Å². The van der Waals surface area contributed by atoms with Crippen molar-refractivity contribution in [3.05, 3.63) is 5.82 Å². The van der Waals surface area contributed by atoms with E-state index in [0.29, 0.717) is 5.82 Å².